The van der Waals surface area contributed by atoms with E-state index in [1.165, 1.54) is 28.6 Å². The predicted molar refractivity (Wildman–Crippen MR) is 72.8 cm³/mol. The Morgan fingerprint density at radius 3 is 2.42 bits per heavy atom. The summed E-state index contributed by atoms with van der Waals surface area (Å²) in [5.74, 6) is 0.0563. The zero-order valence-corrected chi connectivity index (χ0v) is 11.0. The van der Waals surface area contributed by atoms with Gasteiger partial charge in [0.25, 0.3) is 10.0 Å². The first-order valence-corrected chi connectivity index (χ1v) is 7.43. The van der Waals surface area contributed by atoms with Crippen LogP contribution in [0.3, 0.4) is 0 Å². The zero-order chi connectivity index (χ0) is 13.5. The molecule has 1 N–H and O–H groups in total. The van der Waals surface area contributed by atoms with E-state index < -0.39 is 10.0 Å². The molecular weight excluding hydrogens is 262 g/mol. The monoisotopic (exact) mass is 275 g/mol. The highest BCUT2D eigenvalue weighted by atomic mass is 32.2. The second-order valence-electron chi connectivity index (χ2n) is 4.45. The van der Waals surface area contributed by atoms with Gasteiger partial charge >= 0.3 is 0 Å². The molecule has 1 aliphatic rings. The number of sulfonamides is 1. The van der Waals surface area contributed by atoms with Crippen LogP contribution in [-0.4, -0.2) is 20.1 Å². The van der Waals surface area contributed by atoms with Gasteiger partial charge in [0.15, 0.2) is 0 Å². The van der Waals surface area contributed by atoms with E-state index in [1.807, 2.05) is 24.3 Å². The summed E-state index contributed by atoms with van der Waals surface area (Å²) >= 11 is 0. The summed E-state index contributed by atoms with van der Waals surface area (Å²) in [5, 5.41) is 9.24. The summed E-state index contributed by atoms with van der Waals surface area (Å²) in [6.45, 7) is 0.461. The summed E-state index contributed by atoms with van der Waals surface area (Å²) in [6.07, 6.45) is 0.730. The average molecular weight is 275 g/mol. The number of phenolic OH excluding ortho intramolecular Hbond substituents is 1. The van der Waals surface area contributed by atoms with Gasteiger partial charge in [-0.2, -0.15) is 0 Å². The third kappa shape index (κ3) is 1.96. The number of hydrogen-bond donors (Lipinski definition) is 1. The van der Waals surface area contributed by atoms with Crippen molar-refractivity contribution >= 4 is 15.7 Å². The molecule has 2 aromatic rings. The van der Waals surface area contributed by atoms with E-state index in [1.54, 1.807) is 0 Å². The molecule has 0 spiro atoms. The van der Waals surface area contributed by atoms with Crippen LogP contribution in [0, 0.1) is 0 Å². The Labute approximate surface area is 112 Å². The minimum Gasteiger partial charge on any atom is -0.508 e. The van der Waals surface area contributed by atoms with E-state index in [9.17, 15) is 13.5 Å². The SMILES string of the molecule is O=S(=O)(c1ccc(O)cc1)N1CCc2ccccc21. The number of fused-ring (bicyclic) bond motifs is 1. The molecule has 0 atom stereocenters. The highest BCUT2D eigenvalue weighted by Gasteiger charge is 2.30. The topological polar surface area (TPSA) is 57.6 Å². The van der Waals surface area contributed by atoms with Crippen LogP contribution in [-0.2, 0) is 16.4 Å². The van der Waals surface area contributed by atoms with Gasteiger partial charge in [0, 0.05) is 6.54 Å². The quantitative estimate of drug-likeness (QED) is 0.913. The van der Waals surface area contributed by atoms with E-state index >= 15 is 0 Å². The molecule has 0 saturated carbocycles. The van der Waals surface area contributed by atoms with Crippen molar-refractivity contribution in [1.29, 1.82) is 0 Å². The molecule has 1 aliphatic heterocycles. The summed E-state index contributed by atoms with van der Waals surface area (Å²) < 4.78 is 26.5. The molecule has 0 aromatic heterocycles. The number of rotatable bonds is 2. The molecule has 98 valence electrons. The first kappa shape index (κ1) is 12.0. The Bertz CT molecular complexity index is 708. The number of anilines is 1. The third-order valence-electron chi connectivity index (χ3n) is 3.27. The first-order chi connectivity index (χ1) is 9.09. The van der Waals surface area contributed by atoms with E-state index in [0.29, 0.717) is 6.54 Å². The molecule has 0 radical (unpaired) electrons. The lowest BCUT2D eigenvalue weighted by molar-refractivity contribution is 0.475. The van der Waals surface area contributed by atoms with Crippen LogP contribution in [0.2, 0.25) is 0 Å². The summed E-state index contributed by atoms with van der Waals surface area (Å²) in [4.78, 5) is 0.196. The van der Waals surface area contributed by atoms with Crippen molar-refractivity contribution in [1.82, 2.24) is 0 Å². The highest BCUT2D eigenvalue weighted by molar-refractivity contribution is 7.92. The fourth-order valence-corrected chi connectivity index (χ4v) is 3.81. The van der Waals surface area contributed by atoms with Gasteiger partial charge in [0.2, 0.25) is 0 Å². The van der Waals surface area contributed by atoms with Gasteiger partial charge < -0.3 is 5.11 Å². The van der Waals surface area contributed by atoms with Crippen molar-refractivity contribution in [3.63, 3.8) is 0 Å². The second-order valence-corrected chi connectivity index (χ2v) is 6.31. The van der Waals surface area contributed by atoms with Crippen molar-refractivity contribution < 1.29 is 13.5 Å². The standard InChI is InChI=1S/C14H13NO3S/c16-12-5-7-13(8-6-12)19(17,18)15-10-9-11-3-1-2-4-14(11)15/h1-8,16H,9-10H2. The fraction of sp³-hybridized carbons (Fsp3) is 0.143. The summed E-state index contributed by atoms with van der Waals surface area (Å²) in [6, 6.07) is 13.1. The Hall–Kier alpha value is -2.01. The first-order valence-electron chi connectivity index (χ1n) is 5.99. The van der Waals surface area contributed by atoms with Crippen LogP contribution >= 0.6 is 0 Å². The number of para-hydroxylation sites is 1. The molecular formula is C14H13NO3S. The summed E-state index contributed by atoms with van der Waals surface area (Å²) in [7, 11) is -3.55. The number of nitrogens with zero attached hydrogens (tertiary/aromatic N) is 1. The van der Waals surface area contributed by atoms with Gasteiger partial charge in [-0.1, -0.05) is 18.2 Å². The Balaban J connectivity index is 2.05. The maximum Gasteiger partial charge on any atom is 0.264 e. The molecule has 0 unspecified atom stereocenters. The summed E-state index contributed by atoms with van der Waals surface area (Å²) in [5.41, 5.74) is 1.79. The van der Waals surface area contributed by atoms with Crippen molar-refractivity contribution in [3.8, 4) is 5.75 Å². The third-order valence-corrected chi connectivity index (χ3v) is 5.10. The smallest absolute Gasteiger partial charge is 0.264 e. The molecule has 0 fully saturated rings. The van der Waals surface area contributed by atoms with Crippen molar-refractivity contribution in [2.75, 3.05) is 10.8 Å². The molecule has 2 aromatic carbocycles. The van der Waals surface area contributed by atoms with Crippen LogP contribution in [0.5, 0.6) is 5.75 Å². The molecule has 0 bridgehead atoms. The van der Waals surface area contributed by atoms with Crippen LogP contribution < -0.4 is 4.31 Å². The molecule has 19 heavy (non-hydrogen) atoms. The van der Waals surface area contributed by atoms with Gasteiger partial charge in [0.1, 0.15) is 5.75 Å². The van der Waals surface area contributed by atoms with E-state index in [4.69, 9.17) is 0 Å². The second kappa shape index (κ2) is 4.28. The number of phenols is 1. The molecule has 1 heterocycles. The van der Waals surface area contributed by atoms with Crippen LogP contribution in [0.4, 0.5) is 5.69 Å². The molecule has 4 nitrogen and oxygen atoms in total. The Kier molecular flexibility index (Phi) is 2.71. The lowest BCUT2D eigenvalue weighted by atomic mass is 10.2. The highest BCUT2D eigenvalue weighted by Crippen LogP contribution is 2.32. The lowest BCUT2D eigenvalue weighted by Crippen LogP contribution is -2.28. The lowest BCUT2D eigenvalue weighted by Gasteiger charge is -2.19. The van der Waals surface area contributed by atoms with Gasteiger partial charge in [-0.15, -0.1) is 0 Å². The van der Waals surface area contributed by atoms with E-state index in [-0.39, 0.29) is 10.6 Å². The van der Waals surface area contributed by atoms with Gasteiger partial charge in [-0.25, -0.2) is 8.42 Å². The van der Waals surface area contributed by atoms with Crippen molar-refractivity contribution in [2.45, 2.75) is 11.3 Å². The predicted octanol–water partition coefficient (Wildman–Crippen LogP) is 2.14. The molecule has 0 saturated heterocycles. The largest absolute Gasteiger partial charge is 0.508 e. The van der Waals surface area contributed by atoms with E-state index in [0.717, 1.165) is 17.7 Å². The minimum absolute atomic E-state index is 0.0563. The number of benzene rings is 2. The normalized spacial score (nSPS) is 14.4. The number of hydrogen-bond acceptors (Lipinski definition) is 3. The van der Waals surface area contributed by atoms with Crippen molar-refractivity contribution in [3.05, 3.63) is 54.1 Å². The maximum atomic E-state index is 12.6. The van der Waals surface area contributed by atoms with Crippen LogP contribution in [0.25, 0.3) is 0 Å². The molecule has 3 rings (SSSR count). The van der Waals surface area contributed by atoms with Crippen molar-refractivity contribution in [2.24, 2.45) is 0 Å². The molecule has 0 aliphatic carbocycles. The average Bonchev–Trinajstić information content (AvgIpc) is 2.83. The van der Waals surface area contributed by atoms with Gasteiger partial charge in [-0.05, 0) is 42.3 Å². The van der Waals surface area contributed by atoms with Gasteiger partial charge in [-0.3, -0.25) is 4.31 Å². The van der Waals surface area contributed by atoms with Gasteiger partial charge in [0.05, 0.1) is 10.6 Å². The van der Waals surface area contributed by atoms with Crippen LogP contribution in [0.15, 0.2) is 53.4 Å². The fourth-order valence-electron chi connectivity index (χ4n) is 2.30. The molecule has 5 heteroatoms. The Morgan fingerprint density at radius 1 is 1.00 bits per heavy atom. The molecule has 0 amide bonds. The van der Waals surface area contributed by atoms with E-state index in [2.05, 4.69) is 0 Å². The maximum absolute atomic E-state index is 12.6. The number of aromatic hydroxyl groups is 1. The zero-order valence-electron chi connectivity index (χ0n) is 10.2. The van der Waals surface area contributed by atoms with Crippen LogP contribution in [0.1, 0.15) is 5.56 Å². The minimum atomic E-state index is -3.55. The Morgan fingerprint density at radius 2 is 1.68 bits per heavy atom.